The summed E-state index contributed by atoms with van der Waals surface area (Å²) in [6.07, 6.45) is 1.78. The molecule has 3 aromatic rings. The lowest BCUT2D eigenvalue weighted by atomic mass is 10.0. The molecule has 0 amide bonds. The van der Waals surface area contributed by atoms with Gasteiger partial charge in [0.25, 0.3) is 0 Å². The van der Waals surface area contributed by atoms with Gasteiger partial charge in [-0.05, 0) is 51.9 Å². The van der Waals surface area contributed by atoms with Crippen LogP contribution in [-0.4, -0.2) is 9.97 Å². The second kappa shape index (κ2) is 4.41. The lowest BCUT2D eigenvalue weighted by Crippen LogP contribution is -1.90. The largest absolute Gasteiger partial charge is 0.237 e. The highest BCUT2D eigenvalue weighted by atomic mass is 127. The highest BCUT2D eigenvalue weighted by molar-refractivity contribution is 14.1. The van der Waals surface area contributed by atoms with E-state index in [1.165, 1.54) is 11.1 Å². The first-order chi connectivity index (χ1) is 8.34. The standard InChI is InChI=1S/C14H9IN2/c15-13-9-12(10-5-2-1-3-6-10)11-7-4-8-16-14(11)17-13/h1-9H. The molecule has 0 aliphatic rings. The highest BCUT2D eigenvalue weighted by Crippen LogP contribution is 2.27. The maximum absolute atomic E-state index is 4.44. The Labute approximate surface area is 113 Å². The van der Waals surface area contributed by atoms with Crippen molar-refractivity contribution in [2.75, 3.05) is 0 Å². The number of fused-ring (bicyclic) bond motifs is 1. The van der Waals surface area contributed by atoms with Crippen LogP contribution < -0.4 is 0 Å². The fraction of sp³-hybridized carbons (Fsp3) is 0. The quantitative estimate of drug-likeness (QED) is 0.499. The first-order valence-corrected chi connectivity index (χ1v) is 6.39. The predicted molar refractivity (Wildman–Crippen MR) is 77.7 cm³/mol. The summed E-state index contributed by atoms with van der Waals surface area (Å²) in [6, 6.07) is 16.4. The summed E-state index contributed by atoms with van der Waals surface area (Å²) in [4.78, 5) is 8.75. The van der Waals surface area contributed by atoms with Gasteiger partial charge in [-0.15, -0.1) is 0 Å². The smallest absolute Gasteiger partial charge is 0.160 e. The molecule has 3 rings (SSSR count). The number of halogens is 1. The van der Waals surface area contributed by atoms with E-state index >= 15 is 0 Å². The van der Waals surface area contributed by atoms with Crippen LogP contribution in [0.5, 0.6) is 0 Å². The van der Waals surface area contributed by atoms with Crippen molar-refractivity contribution in [3.05, 3.63) is 58.4 Å². The minimum atomic E-state index is 0.804. The molecule has 0 spiro atoms. The molecule has 0 saturated heterocycles. The summed E-state index contributed by atoms with van der Waals surface area (Å²) >= 11 is 2.23. The zero-order chi connectivity index (χ0) is 11.7. The fourth-order valence-corrected chi connectivity index (χ4v) is 2.42. The van der Waals surface area contributed by atoms with Crippen LogP contribution in [0.3, 0.4) is 0 Å². The van der Waals surface area contributed by atoms with Crippen LogP contribution in [0.2, 0.25) is 0 Å². The van der Waals surface area contributed by atoms with Crippen LogP contribution in [0.4, 0.5) is 0 Å². The van der Waals surface area contributed by atoms with E-state index in [-0.39, 0.29) is 0 Å². The zero-order valence-corrected chi connectivity index (χ0v) is 11.1. The monoisotopic (exact) mass is 332 g/mol. The molecule has 3 heteroatoms. The molecule has 0 N–H and O–H groups in total. The number of hydrogen-bond acceptors (Lipinski definition) is 2. The Kier molecular flexibility index (Phi) is 2.76. The highest BCUT2D eigenvalue weighted by Gasteiger charge is 2.06. The van der Waals surface area contributed by atoms with Crippen molar-refractivity contribution in [1.29, 1.82) is 0 Å². The molecule has 17 heavy (non-hydrogen) atoms. The minimum absolute atomic E-state index is 0.804. The van der Waals surface area contributed by atoms with Crippen molar-refractivity contribution in [3.63, 3.8) is 0 Å². The lowest BCUT2D eigenvalue weighted by molar-refractivity contribution is 1.25. The van der Waals surface area contributed by atoms with Gasteiger partial charge in [0.1, 0.15) is 3.70 Å². The van der Waals surface area contributed by atoms with Gasteiger partial charge in [0.05, 0.1) is 0 Å². The molecule has 0 fully saturated rings. The first kappa shape index (κ1) is 10.7. The van der Waals surface area contributed by atoms with E-state index in [9.17, 15) is 0 Å². The van der Waals surface area contributed by atoms with Gasteiger partial charge in [0.2, 0.25) is 0 Å². The van der Waals surface area contributed by atoms with Crippen molar-refractivity contribution in [2.24, 2.45) is 0 Å². The van der Waals surface area contributed by atoms with Gasteiger partial charge in [0.15, 0.2) is 5.65 Å². The molecule has 0 unspecified atom stereocenters. The van der Waals surface area contributed by atoms with E-state index in [2.05, 4.69) is 56.8 Å². The van der Waals surface area contributed by atoms with Crippen molar-refractivity contribution < 1.29 is 0 Å². The van der Waals surface area contributed by atoms with E-state index in [1.807, 2.05) is 24.3 Å². The zero-order valence-electron chi connectivity index (χ0n) is 8.97. The maximum atomic E-state index is 4.44. The van der Waals surface area contributed by atoms with Crippen molar-refractivity contribution in [2.45, 2.75) is 0 Å². The Bertz CT molecular complexity index is 665. The Hall–Kier alpha value is -1.49. The number of pyridine rings is 2. The van der Waals surface area contributed by atoms with Crippen LogP contribution in [0, 0.1) is 3.70 Å². The average molecular weight is 332 g/mol. The summed E-state index contributed by atoms with van der Waals surface area (Å²) in [5.41, 5.74) is 3.19. The van der Waals surface area contributed by atoms with Gasteiger partial charge in [-0.25, -0.2) is 9.97 Å². The van der Waals surface area contributed by atoms with Crippen molar-refractivity contribution in [3.8, 4) is 11.1 Å². The van der Waals surface area contributed by atoms with Gasteiger partial charge in [-0.3, -0.25) is 0 Å². The van der Waals surface area contributed by atoms with Gasteiger partial charge in [-0.2, -0.15) is 0 Å². The van der Waals surface area contributed by atoms with E-state index in [1.54, 1.807) is 6.20 Å². The first-order valence-electron chi connectivity index (χ1n) is 5.31. The second-order valence-electron chi connectivity index (χ2n) is 3.73. The lowest BCUT2D eigenvalue weighted by Gasteiger charge is -2.06. The normalized spacial score (nSPS) is 10.6. The molecule has 0 bridgehead atoms. The molecule has 0 saturated carbocycles. The fourth-order valence-electron chi connectivity index (χ4n) is 1.88. The summed E-state index contributed by atoms with van der Waals surface area (Å²) in [6.45, 7) is 0. The van der Waals surface area contributed by atoms with E-state index < -0.39 is 0 Å². The molecular weight excluding hydrogens is 323 g/mol. The van der Waals surface area contributed by atoms with Crippen molar-refractivity contribution >= 4 is 33.6 Å². The SMILES string of the molecule is Ic1cc(-c2ccccc2)c2cccnc2n1. The van der Waals surface area contributed by atoms with Crippen molar-refractivity contribution in [1.82, 2.24) is 9.97 Å². The van der Waals surface area contributed by atoms with Gasteiger partial charge in [-0.1, -0.05) is 30.3 Å². The minimum Gasteiger partial charge on any atom is -0.237 e. The molecule has 0 aliphatic heterocycles. The number of hydrogen-bond donors (Lipinski definition) is 0. The Balaban J connectivity index is 2.36. The molecule has 2 aromatic heterocycles. The topological polar surface area (TPSA) is 25.8 Å². The molecule has 2 nitrogen and oxygen atoms in total. The van der Waals surface area contributed by atoms with Gasteiger partial charge in [0, 0.05) is 11.6 Å². The number of rotatable bonds is 1. The van der Waals surface area contributed by atoms with Gasteiger partial charge >= 0.3 is 0 Å². The molecule has 1 aromatic carbocycles. The summed E-state index contributed by atoms with van der Waals surface area (Å²) in [5.74, 6) is 0. The number of benzene rings is 1. The van der Waals surface area contributed by atoms with E-state index in [4.69, 9.17) is 0 Å². The predicted octanol–water partition coefficient (Wildman–Crippen LogP) is 3.90. The molecule has 0 radical (unpaired) electrons. The molecule has 0 aliphatic carbocycles. The van der Waals surface area contributed by atoms with Crippen LogP contribution in [0.15, 0.2) is 54.7 Å². The average Bonchev–Trinajstić information content (AvgIpc) is 2.39. The van der Waals surface area contributed by atoms with Gasteiger partial charge < -0.3 is 0 Å². The Morgan fingerprint density at radius 3 is 2.59 bits per heavy atom. The Morgan fingerprint density at radius 1 is 0.941 bits per heavy atom. The third kappa shape index (κ3) is 2.02. The number of nitrogens with zero attached hydrogens (tertiary/aromatic N) is 2. The van der Waals surface area contributed by atoms with Crippen LogP contribution in [-0.2, 0) is 0 Å². The second-order valence-corrected chi connectivity index (χ2v) is 4.84. The molecule has 0 atom stereocenters. The van der Waals surface area contributed by atoms with E-state index in [0.29, 0.717) is 0 Å². The number of aromatic nitrogens is 2. The third-order valence-electron chi connectivity index (χ3n) is 2.64. The van der Waals surface area contributed by atoms with Crippen LogP contribution in [0.25, 0.3) is 22.2 Å². The molecule has 2 heterocycles. The summed E-state index contributed by atoms with van der Waals surface area (Å²) in [5, 5.41) is 1.10. The maximum Gasteiger partial charge on any atom is 0.160 e. The van der Waals surface area contributed by atoms with Crippen LogP contribution in [0.1, 0.15) is 0 Å². The van der Waals surface area contributed by atoms with Crippen LogP contribution >= 0.6 is 22.6 Å². The summed E-state index contributed by atoms with van der Waals surface area (Å²) < 4.78 is 0.965. The third-order valence-corrected chi connectivity index (χ3v) is 3.19. The molecular formula is C14H9IN2. The summed E-state index contributed by atoms with van der Waals surface area (Å²) in [7, 11) is 0. The Morgan fingerprint density at radius 2 is 1.76 bits per heavy atom. The van der Waals surface area contributed by atoms with E-state index in [0.717, 1.165) is 14.7 Å². The molecule has 82 valence electrons.